The Morgan fingerprint density at radius 2 is 1.60 bits per heavy atom. The molecule has 1 aliphatic heterocycles. The Balaban J connectivity index is 1.61. The van der Waals surface area contributed by atoms with Crippen molar-refractivity contribution in [2.24, 2.45) is 0 Å². The molecule has 2 aromatic rings. The van der Waals surface area contributed by atoms with Crippen molar-refractivity contribution in [1.29, 1.82) is 0 Å². The van der Waals surface area contributed by atoms with Crippen molar-refractivity contribution in [2.45, 2.75) is 129 Å². The van der Waals surface area contributed by atoms with Gasteiger partial charge in [0, 0.05) is 31.6 Å². The number of anilines is 1. The van der Waals surface area contributed by atoms with Gasteiger partial charge in [-0.25, -0.2) is 18.2 Å². The highest BCUT2D eigenvalue weighted by Gasteiger charge is 2.32. The number of aliphatic carboxylic acids is 1. The van der Waals surface area contributed by atoms with Gasteiger partial charge in [-0.3, -0.25) is 19.3 Å². The first-order valence-electron chi connectivity index (χ1n) is 17.6. The molecule has 14 nitrogen and oxygen atoms in total. The number of benzene rings is 1. The Morgan fingerprint density at radius 1 is 0.942 bits per heavy atom. The van der Waals surface area contributed by atoms with E-state index >= 15 is 0 Å². The summed E-state index contributed by atoms with van der Waals surface area (Å²) in [6.45, 7) is 14.0. The van der Waals surface area contributed by atoms with Gasteiger partial charge in [0.05, 0.1) is 11.5 Å². The Bertz CT molecular complexity index is 1690. The van der Waals surface area contributed by atoms with Crippen molar-refractivity contribution in [3.63, 3.8) is 0 Å². The number of rotatable bonds is 16. The minimum Gasteiger partial charge on any atom is -0.494 e. The first-order valence-corrected chi connectivity index (χ1v) is 19.1. The summed E-state index contributed by atoms with van der Waals surface area (Å²) in [5.41, 5.74) is 0.953. The lowest BCUT2D eigenvalue weighted by Gasteiger charge is -2.31. The van der Waals surface area contributed by atoms with E-state index in [-0.39, 0.29) is 36.8 Å². The molecule has 1 aromatic heterocycles. The van der Waals surface area contributed by atoms with Crippen LogP contribution in [0.5, 0.6) is 5.75 Å². The number of fused-ring (bicyclic) bond motifs is 1. The second-order valence-corrected chi connectivity index (χ2v) is 16.6. The summed E-state index contributed by atoms with van der Waals surface area (Å²) < 4.78 is 46.4. The minimum absolute atomic E-state index is 0.0460. The third-order valence-corrected chi connectivity index (χ3v) is 9.57. The largest absolute Gasteiger partial charge is 0.494 e. The van der Waals surface area contributed by atoms with Crippen LogP contribution in [0.4, 0.5) is 10.6 Å². The quantitative estimate of drug-likeness (QED) is 0.152. The molecular formula is C37H54N4O10S. The van der Waals surface area contributed by atoms with Gasteiger partial charge in [0.25, 0.3) is 0 Å². The zero-order chi connectivity index (χ0) is 38.9. The second kappa shape index (κ2) is 18.0. The van der Waals surface area contributed by atoms with Crippen molar-refractivity contribution in [3.8, 4) is 5.75 Å². The number of esters is 1. The van der Waals surface area contributed by atoms with Gasteiger partial charge in [-0.1, -0.05) is 6.07 Å². The molecule has 0 radical (unpaired) electrons. The maximum atomic E-state index is 13.6. The number of nitrogens with one attached hydrogen (secondary N) is 2. The molecule has 2 amide bonds. The summed E-state index contributed by atoms with van der Waals surface area (Å²) in [6, 6.07) is 5.56. The lowest BCUT2D eigenvalue weighted by molar-refractivity contribution is -0.156. The van der Waals surface area contributed by atoms with Crippen LogP contribution in [-0.2, 0) is 46.7 Å². The summed E-state index contributed by atoms with van der Waals surface area (Å²) in [6.07, 6.45) is 3.29. The monoisotopic (exact) mass is 746 g/mol. The maximum absolute atomic E-state index is 13.6. The van der Waals surface area contributed by atoms with Gasteiger partial charge >= 0.3 is 18.0 Å². The summed E-state index contributed by atoms with van der Waals surface area (Å²) >= 11 is 0. The van der Waals surface area contributed by atoms with Crippen molar-refractivity contribution in [3.05, 3.63) is 46.6 Å². The van der Waals surface area contributed by atoms with Gasteiger partial charge in [0.15, 0.2) is 0 Å². The van der Waals surface area contributed by atoms with E-state index in [9.17, 15) is 27.6 Å². The fraction of sp³-hybridized carbons (Fsp3) is 0.595. The van der Waals surface area contributed by atoms with Gasteiger partial charge in [-0.15, -0.1) is 0 Å². The molecular weight excluding hydrogens is 692 g/mol. The fourth-order valence-corrected chi connectivity index (χ4v) is 7.27. The normalized spacial score (nSPS) is 13.9. The average Bonchev–Trinajstić information content (AvgIpc) is 3.00. The molecule has 1 atom stereocenters. The number of aromatic nitrogens is 1. The summed E-state index contributed by atoms with van der Waals surface area (Å²) in [5, 5.41) is 11.5. The predicted molar refractivity (Wildman–Crippen MR) is 195 cm³/mol. The van der Waals surface area contributed by atoms with Crippen LogP contribution in [0.15, 0.2) is 29.2 Å². The van der Waals surface area contributed by atoms with E-state index in [1.807, 2.05) is 32.9 Å². The Kier molecular flexibility index (Phi) is 14.6. The lowest BCUT2D eigenvalue weighted by Crippen LogP contribution is -2.50. The number of carbonyl (C=O) groups excluding carboxylic acids is 3. The number of pyridine rings is 1. The van der Waals surface area contributed by atoms with E-state index in [1.54, 1.807) is 39.5 Å². The van der Waals surface area contributed by atoms with Gasteiger partial charge in [0.2, 0.25) is 15.9 Å². The van der Waals surface area contributed by atoms with Gasteiger partial charge in [-0.05, 0) is 129 Å². The number of carbonyl (C=O) groups is 4. The zero-order valence-electron chi connectivity index (χ0n) is 31.6. The summed E-state index contributed by atoms with van der Waals surface area (Å²) in [4.78, 5) is 55.9. The third kappa shape index (κ3) is 13.4. The van der Waals surface area contributed by atoms with E-state index in [2.05, 4.69) is 10.0 Å². The SMILES string of the molecule is Cc1cc(OCCCC(=O)O)cc(C)c1S(=O)(=O)N[C@H](CNC(=O)CCCCc1ccc2c(n1)N(C(=O)OC(C)(C)C)CCC2)C(=O)OC(C)(C)C. The summed E-state index contributed by atoms with van der Waals surface area (Å²) in [5.74, 6) is -1.15. The molecule has 1 aliphatic rings. The van der Waals surface area contributed by atoms with Crippen molar-refractivity contribution >= 4 is 39.8 Å². The molecule has 3 rings (SSSR count). The number of amides is 2. The highest BCUT2D eigenvalue weighted by molar-refractivity contribution is 7.89. The molecule has 0 spiro atoms. The molecule has 288 valence electrons. The summed E-state index contributed by atoms with van der Waals surface area (Å²) in [7, 11) is -4.27. The molecule has 2 heterocycles. The molecule has 0 saturated heterocycles. The van der Waals surface area contributed by atoms with Crippen LogP contribution in [0.3, 0.4) is 0 Å². The van der Waals surface area contributed by atoms with E-state index in [0.717, 1.165) is 24.1 Å². The van der Waals surface area contributed by atoms with Crippen molar-refractivity contribution < 1.29 is 46.9 Å². The standard InChI is InChI=1S/C37H54N4O10S/c1-24-21-28(49-20-12-16-31(43)44)22-25(2)32(24)52(47,48)40-29(34(45)50-36(3,4)5)23-38-30(42)15-10-9-14-27-18-17-26-13-11-19-41(33(26)39-27)35(46)51-37(6,7)8/h17-18,21-22,29,40H,9-16,19-20,23H2,1-8H3,(H,38,42)(H,43,44)/t29-/m1/s1. The number of carboxylic acids is 1. The molecule has 15 heteroatoms. The van der Waals surface area contributed by atoms with Crippen LogP contribution in [0.1, 0.15) is 102 Å². The third-order valence-electron chi connectivity index (χ3n) is 7.80. The topological polar surface area (TPSA) is 191 Å². The number of nitrogens with zero attached hydrogens (tertiary/aromatic N) is 2. The first-order chi connectivity index (χ1) is 24.1. The van der Waals surface area contributed by atoms with E-state index < -0.39 is 45.3 Å². The number of carboxylic acid groups (broad SMARTS) is 1. The number of sulfonamides is 1. The van der Waals surface area contributed by atoms with E-state index in [4.69, 9.17) is 24.3 Å². The van der Waals surface area contributed by atoms with Crippen LogP contribution >= 0.6 is 0 Å². The van der Waals surface area contributed by atoms with Crippen molar-refractivity contribution in [2.75, 3.05) is 24.6 Å². The smallest absolute Gasteiger partial charge is 0.416 e. The second-order valence-electron chi connectivity index (χ2n) is 15.0. The maximum Gasteiger partial charge on any atom is 0.416 e. The molecule has 0 aliphatic carbocycles. The van der Waals surface area contributed by atoms with Crippen LogP contribution in [0.2, 0.25) is 0 Å². The average molecular weight is 747 g/mol. The number of unbranched alkanes of at least 4 members (excludes halogenated alkanes) is 1. The number of hydrogen-bond donors (Lipinski definition) is 3. The Morgan fingerprint density at radius 3 is 2.21 bits per heavy atom. The van der Waals surface area contributed by atoms with Gasteiger partial charge < -0.3 is 24.6 Å². The van der Waals surface area contributed by atoms with Crippen LogP contribution in [0, 0.1) is 13.8 Å². The lowest BCUT2D eigenvalue weighted by atomic mass is 10.0. The fourth-order valence-electron chi connectivity index (χ4n) is 5.63. The highest BCUT2D eigenvalue weighted by Crippen LogP contribution is 2.28. The van der Waals surface area contributed by atoms with E-state index in [0.29, 0.717) is 54.9 Å². The zero-order valence-corrected chi connectivity index (χ0v) is 32.4. The van der Waals surface area contributed by atoms with Gasteiger partial charge in [-0.2, -0.15) is 4.72 Å². The van der Waals surface area contributed by atoms with E-state index in [1.165, 1.54) is 12.1 Å². The first kappa shape index (κ1) is 42.2. The molecule has 1 aromatic carbocycles. The molecule has 0 bridgehead atoms. The van der Waals surface area contributed by atoms with Crippen molar-refractivity contribution in [1.82, 2.24) is 15.0 Å². The van der Waals surface area contributed by atoms with Crippen LogP contribution in [-0.4, -0.2) is 79.4 Å². The van der Waals surface area contributed by atoms with Crippen LogP contribution < -0.4 is 19.7 Å². The minimum atomic E-state index is -4.27. The number of ether oxygens (including phenoxy) is 3. The highest BCUT2D eigenvalue weighted by atomic mass is 32.2. The van der Waals surface area contributed by atoms with Gasteiger partial charge in [0.1, 0.15) is 28.8 Å². The number of hydrogen-bond acceptors (Lipinski definition) is 10. The molecule has 0 saturated carbocycles. The Hall–Kier alpha value is -4.24. The molecule has 3 N–H and O–H groups in total. The predicted octanol–water partition coefficient (Wildman–Crippen LogP) is 5.15. The van der Waals surface area contributed by atoms with Crippen LogP contribution in [0.25, 0.3) is 0 Å². The molecule has 0 unspecified atom stereocenters. The molecule has 52 heavy (non-hydrogen) atoms. The Labute approximate surface area is 307 Å². The molecule has 0 fully saturated rings. The number of aryl methyl sites for hydroxylation is 4.